The second kappa shape index (κ2) is 10.3. The summed E-state index contributed by atoms with van der Waals surface area (Å²) in [6.07, 6.45) is -3.83. The molecule has 9 nitrogen and oxygen atoms in total. The first kappa shape index (κ1) is 23.5. The third kappa shape index (κ3) is 6.64. The fourth-order valence-corrected chi connectivity index (χ4v) is 2.91. The van der Waals surface area contributed by atoms with Gasteiger partial charge in [0.15, 0.2) is 0 Å². The summed E-state index contributed by atoms with van der Waals surface area (Å²) in [5.74, 6) is -1.35. The lowest BCUT2D eigenvalue weighted by molar-refractivity contribution is -0.250. The number of rotatable bonds is 6. The molecule has 0 bridgehead atoms. The van der Waals surface area contributed by atoms with E-state index >= 15 is 0 Å². The molecule has 1 aliphatic heterocycles. The van der Waals surface area contributed by atoms with Crippen molar-refractivity contribution in [2.45, 2.75) is 54.9 Å². The minimum absolute atomic E-state index is 0.204. The maximum atomic E-state index is 11.7. The Kier molecular flexibility index (Phi) is 8.39. The molecule has 5 atom stereocenters. The number of hydrogen-bond acceptors (Lipinski definition) is 7. The Morgan fingerprint density at radius 2 is 1.93 bits per heavy atom. The Morgan fingerprint density at radius 1 is 1.28 bits per heavy atom. The Morgan fingerprint density at radius 3 is 2.48 bits per heavy atom. The first-order valence-corrected chi connectivity index (χ1v) is 9.61. The number of benzene rings is 1. The summed E-state index contributed by atoms with van der Waals surface area (Å²) < 4.78 is 20.1. The van der Waals surface area contributed by atoms with Crippen molar-refractivity contribution < 1.29 is 23.7 Å². The maximum Gasteiger partial charge on any atom is 0.303 e. The van der Waals surface area contributed by atoms with Crippen molar-refractivity contribution >= 4 is 46.7 Å². The first-order valence-electron chi connectivity index (χ1n) is 8.48. The highest BCUT2D eigenvalue weighted by Gasteiger charge is 2.49. The van der Waals surface area contributed by atoms with Gasteiger partial charge < -0.3 is 18.9 Å². The lowest BCUT2D eigenvalue weighted by Crippen LogP contribution is -2.59. The molecule has 158 valence electrons. The molecule has 2 rings (SSSR count). The number of azide groups is 1. The molecule has 1 aliphatic rings. The largest absolute Gasteiger partial charge is 0.459 e. The van der Waals surface area contributed by atoms with Crippen LogP contribution in [-0.2, 0) is 30.3 Å². The average molecular weight is 466 g/mol. The van der Waals surface area contributed by atoms with Crippen LogP contribution in [0.1, 0.15) is 19.4 Å². The normalized spacial score (nSPS) is 26.9. The molecule has 12 heteroatoms. The van der Waals surface area contributed by atoms with E-state index in [1.807, 2.05) is 30.3 Å². The number of esters is 1. The predicted octanol–water partition coefficient (Wildman–Crippen LogP) is 4.29. The topological polar surface area (TPSA) is 127 Å². The van der Waals surface area contributed by atoms with Gasteiger partial charge in [-0.05, 0) is 18.0 Å². The molecule has 1 saturated heterocycles. The third-order valence-corrected chi connectivity index (χ3v) is 4.53. The summed E-state index contributed by atoms with van der Waals surface area (Å²) in [6, 6.07) is 8.14. The van der Waals surface area contributed by atoms with E-state index in [-0.39, 0.29) is 6.61 Å². The number of ether oxygens (including phenoxy) is 4. The minimum Gasteiger partial charge on any atom is -0.459 e. The van der Waals surface area contributed by atoms with E-state index in [2.05, 4.69) is 10.0 Å². The number of carbonyl (C=O) groups excluding carboxylic acids is 1. The van der Waals surface area contributed by atoms with Gasteiger partial charge in [-0.2, -0.15) is 0 Å². The van der Waals surface area contributed by atoms with Crippen LogP contribution in [0.5, 0.6) is 0 Å². The van der Waals surface area contributed by atoms with Crippen LogP contribution < -0.4 is 0 Å². The van der Waals surface area contributed by atoms with E-state index in [9.17, 15) is 4.79 Å². The molecule has 0 saturated carbocycles. The second-order valence-corrected chi connectivity index (χ2v) is 8.47. The van der Waals surface area contributed by atoms with E-state index < -0.39 is 46.3 Å². The lowest BCUT2D eigenvalue weighted by Gasteiger charge is -2.43. The van der Waals surface area contributed by atoms with Gasteiger partial charge in [0.05, 0.1) is 12.7 Å². The Balaban J connectivity index is 2.27. The van der Waals surface area contributed by atoms with Gasteiger partial charge >= 0.3 is 5.97 Å². The number of nitrogens with one attached hydrogen (secondary N) is 1. The summed E-state index contributed by atoms with van der Waals surface area (Å²) in [6.45, 7) is 3.07. The zero-order valence-electron chi connectivity index (χ0n) is 15.5. The van der Waals surface area contributed by atoms with Crippen molar-refractivity contribution in [2.24, 2.45) is 5.11 Å². The van der Waals surface area contributed by atoms with Gasteiger partial charge in [0.2, 0.25) is 12.2 Å². The van der Waals surface area contributed by atoms with Crippen LogP contribution in [0.2, 0.25) is 0 Å². The van der Waals surface area contributed by atoms with Gasteiger partial charge in [0.25, 0.3) is 3.79 Å². The summed E-state index contributed by atoms with van der Waals surface area (Å²) in [4.78, 5) is 14.4. The zero-order valence-corrected chi connectivity index (χ0v) is 17.8. The minimum atomic E-state index is -2.15. The quantitative estimate of drug-likeness (QED) is 0.127. The van der Waals surface area contributed by atoms with Crippen LogP contribution in [0.4, 0.5) is 0 Å². The predicted molar refractivity (Wildman–Crippen MR) is 107 cm³/mol. The molecule has 0 radical (unpaired) electrons. The van der Waals surface area contributed by atoms with Crippen molar-refractivity contribution in [3.8, 4) is 0 Å². The molecule has 0 amide bonds. The van der Waals surface area contributed by atoms with E-state index in [1.165, 1.54) is 6.92 Å². The highest BCUT2D eigenvalue weighted by molar-refractivity contribution is 6.76. The molecule has 0 unspecified atom stereocenters. The SMILES string of the molecule is CC(=O)O[C@@H]1[C@@H](N=[N+]=[N-])[C@@H](OC(=N)C(Cl)(Cl)Cl)O[C@H](C)[C@H]1OCc1ccccc1. The molecule has 0 aliphatic carbocycles. The summed E-state index contributed by atoms with van der Waals surface area (Å²) >= 11 is 16.9. The van der Waals surface area contributed by atoms with Crippen LogP contribution in [0.3, 0.4) is 0 Å². The number of carbonyl (C=O) groups is 1. The van der Waals surface area contributed by atoms with Crippen molar-refractivity contribution in [3.63, 3.8) is 0 Å². The molecular weight excluding hydrogens is 447 g/mol. The van der Waals surface area contributed by atoms with Gasteiger partial charge in [-0.3, -0.25) is 10.2 Å². The maximum absolute atomic E-state index is 11.7. The summed E-state index contributed by atoms with van der Waals surface area (Å²) in [5, 5.41) is 11.4. The Hall–Kier alpha value is -1.74. The number of halogens is 3. The number of alkyl halides is 3. The monoisotopic (exact) mass is 464 g/mol. The number of nitrogens with zero attached hydrogens (tertiary/aromatic N) is 3. The van der Waals surface area contributed by atoms with Crippen LogP contribution in [0, 0.1) is 5.41 Å². The molecule has 1 aromatic carbocycles. The molecule has 0 spiro atoms. The summed E-state index contributed by atoms with van der Waals surface area (Å²) in [7, 11) is 0. The standard InChI is InChI=1S/C17H19Cl3N4O5/c1-9-13(26-8-11-6-4-3-5-7-11)14(28-10(2)25)12(23-24-22)15(27-9)29-16(21)17(18,19)20/h3-7,9,12-15,21H,8H2,1-2H3/t9-,12-,13-,14-,15-/m1/s1. The first-order chi connectivity index (χ1) is 13.6. The van der Waals surface area contributed by atoms with Crippen molar-refractivity contribution in [1.29, 1.82) is 5.41 Å². The van der Waals surface area contributed by atoms with Gasteiger partial charge in [-0.25, -0.2) is 0 Å². The van der Waals surface area contributed by atoms with E-state index in [0.29, 0.717) is 0 Å². The van der Waals surface area contributed by atoms with Crippen LogP contribution >= 0.6 is 34.8 Å². The van der Waals surface area contributed by atoms with Crippen LogP contribution in [0.25, 0.3) is 10.4 Å². The lowest BCUT2D eigenvalue weighted by atomic mass is 9.97. The highest BCUT2D eigenvalue weighted by Crippen LogP contribution is 2.33. The van der Waals surface area contributed by atoms with Crippen molar-refractivity contribution in [2.75, 3.05) is 0 Å². The fourth-order valence-electron chi connectivity index (χ4n) is 2.77. The Bertz CT molecular complexity index is 770. The third-order valence-electron chi connectivity index (χ3n) is 4.01. The zero-order chi connectivity index (χ0) is 21.6. The smallest absolute Gasteiger partial charge is 0.303 e. The Labute approximate surface area is 182 Å². The van der Waals surface area contributed by atoms with Gasteiger partial charge in [-0.1, -0.05) is 70.2 Å². The number of hydrogen-bond donors (Lipinski definition) is 1. The highest BCUT2D eigenvalue weighted by atomic mass is 35.6. The van der Waals surface area contributed by atoms with E-state index in [4.69, 9.17) is 64.7 Å². The van der Waals surface area contributed by atoms with Gasteiger partial charge in [-0.15, -0.1) is 0 Å². The molecular formula is C17H19Cl3N4O5. The molecule has 1 fully saturated rings. The van der Waals surface area contributed by atoms with E-state index in [1.54, 1.807) is 6.92 Å². The average Bonchev–Trinajstić information content (AvgIpc) is 2.64. The molecule has 0 aromatic heterocycles. The molecule has 1 aromatic rings. The fraction of sp³-hybridized carbons (Fsp3) is 0.529. The second-order valence-electron chi connectivity index (χ2n) is 6.19. The van der Waals surface area contributed by atoms with E-state index in [0.717, 1.165) is 5.56 Å². The van der Waals surface area contributed by atoms with Crippen molar-refractivity contribution in [1.82, 2.24) is 0 Å². The van der Waals surface area contributed by atoms with Crippen molar-refractivity contribution in [3.05, 3.63) is 46.3 Å². The molecule has 1 heterocycles. The van der Waals surface area contributed by atoms with Gasteiger partial charge in [0.1, 0.15) is 18.2 Å². The van der Waals surface area contributed by atoms with Gasteiger partial charge in [0, 0.05) is 11.8 Å². The van der Waals surface area contributed by atoms with Crippen LogP contribution in [0.15, 0.2) is 35.4 Å². The molecule has 29 heavy (non-hydrogen) atoms. The summed E-state index contributed by atoms with van der Waals surface area (Å²) in [5.41, 5.74) is 9.86. The van der Waals surface area contributed by atoms with Crippen LogP contribution in [-0.4, -0.2) is 46.3 Å². The molecule has 1 N–H and O–H groups in total.